The Morgan fingerprint density at radius 1 is 1.40 bits per heavy atom. The summed E-state index contributed by atoms with van der Waals surface area (Å²) in [6.45, 7) is 4.28. The lowest BCUT2D eigenvalue weighted by Gasteiger charge is -2.12. The molecule has 3 heteroatoms. The molecule has 2 N–H and O–H groups in total. The van der Waals surface area contributed by atoms with Crippen molar-refractivity contribution in [1.29, 1.82) is 0 Å². The van der Waals surface area contributed by atoms with Crippen molar-refractivity contribution in [3.05, 3.63) is 28.8 Å². The monoisotopic (exact) mass is 207 g/mol. The number of methoxy groups -OCH3 is 1. The molecule has 0 aliphatic rings. The lowest BCUT2D eigenvalue weighted by Crippen LogP contribution is -2.11. The Balaban J connectivity index is 3.23. The molecule has 0 fully saturated rings. The molecule has 3 nitrogen and oxygen atoms in total. The minimum absolute atomic E-state index is 0.0514. The van der Waals surface area contributed by atoms with Crippen molar-refractivity contribution < 1.29 is 9.53 Å². The fourth-order valence-corrected chi connectivity index (χ4v) is 1.56. The topological polar surface area (TPSA) is 52.3 Å². The fourth-order valence-electron chi connectivity index (χ4n) is 1.56. The second-order valence-corrected chi connectivity index (χ2v) is 3.55. The van der Waals surface area contributed by atoms with Crippen LogP contribution in [0.5, 0.6) is 5.75 Å². The van der Waals surface area contributed by atoms with Crippen LogP contribution >= 0.6 is 0 Å². The summed E-state index contributed by atoms with van der Waals surface area (Å²) in [6.07, 6.45) is 0.362. The van der Waals surface area contributed by atoms with Gasteiger partial charge in [-0.2, -0.15) is 0 Å². The number of Topliss-reactive ketones (excluding diaryl/α,β-unsaturated/α-hetero) is 1. The first-order chi connectivity index (χ1) is 7.11. The quantitative estimate of drug-likeness (QED) is 0.766. The van der Waals surface area contributed by atoms with Crippen LogP contribution in [0.15, 0.2) is 12.1 Å². The minimum atomic E-state index is 0.0514. The number of nitrogens with two attached hydrogens (primary N) is 1. The number of ketones is 1. The number of rotatable bonds is 4. The normalized spacial score (nSPS) is 10.1. The van der Waals surface area contributed by atoms with Gasteiger partial charge >= 0.3 is 0 Å². The van der Waals surface area contributed by atoms with E-state index in [1.807, 2.05) is 26.0 Å². The van der Waals surface area contributed by atoms with Crippen LogP contribution in [0, 0.1) is 13.8 Å². The van der Waals surface area contributed by atoms with Gasteiger partial charge in [-0.3, -0.25) is 4.79 Å². The van der Waals surface area contributed by atoms with Crippen molar-refractivity contribution in [3.8, 4) is 5.75 Å². The molecule has 0 saturated heterocycles. The second-order valence-electron chi connectivity index (χ2n) is 3.55. The van der Waals surface area contributed by atoms with Crippen LogP contribution in [0.25, 0.3) is 0 Å². The molecule has 15 heavy (non-hydrogen) atoms. The number of carbonyl (C=O) groups is 1. The number of carbonyl (C=O) groups excluding carboxylic acids is 1. The first kappa shape index (κ1) is 11.7. The predicted molar refractivity (Wildman–Crippen MR) is 60.5 cm³/mol. The first-order valence-corrected chi connectivity index (χ1v) is 4.99. The van der Waals surface area contributed by atoms with Gasteiger partial charge in [0.1, 0.15) is 5.75 Å². The molecule has 0 bridgehead atoms. The molecule has 1 aromatic carbocycles. The van der Waals surface area contributed by atoms with Gasteiger partial charge in [-0.05, 0) is 37.6 Å². The summed E-state index contributed by atoms with van der Waals surface area (Å²) in [7, 11) is 1.57. The van der Waals surface area contributed by atoms with E-state index in [1.54, 1.807) is 7.11 Å². The molecule has 0 unspecified atom stereocenters. The third-order valence-corrected chi connectivity index (χ3v) is 2.57. The summed E-state index contributed by atoms with van der Waals surface area (Å²) in [6, 6.07) is 3.78. The van der Waals surface area contributed by atoms with Gasteiger partial charge in [0.25, 0.3) is 0 Å². The van der Waals surface area contributed by atoms with Crippen LogP contribution < -0.4 is 10.5 Å². The van der Waals surface area contributed by atoms with Crippen LogP contribution in [-0.2, 0) is 0 Å². The van der Waals surface area contributed by atoms with Crippen molar-refractivity contribution in [2.45, 2.75) is 20.3 Å². The van der Waals surface area contributed by atoms with E-state index in [4.69, 9.17) is 10.5 Å². The van der Waals surface area contributed by atoms with Crippen molar-refractivity contribution >= 4 is 5.78 Å². The molecule has 1 rings (SSSR count). The highest BCUT2D eigenvalue weighted by Gasteiger charge is 2.15. The fraction of sp³-hybridized carbons (Fsp3) is 0.417. The highest BCUT2D eigenvalue weighted by molar-refractivity contribution is 6.00. The molecule has 0 aliphatic heterocycles. The summed E-state index contributed by atoms with van der Waals surface area (Å²) >= 11 is 0. The lowest BCUT2D eigenvalue weighted by molar-refractivity contribution is 0.0982. The zero-order chi connectivity index (χ0) is 11.4. The SMILES string of the molecule is COc1ccc(C)c(C)c1C(=O)CCN. The van der Waals surface area contributed by atoms with Crippen LogP contribution in [0.2, 0.25) is 0 Å². The molecular formula is C12H17NO2. The molecule has 0 aliphatic carbocycles. The molecule has 82 valence electrons. The number of hydrogen-bond acceptors (Lipinski definition) is 3. The van der Waals surface area contributed by atoms with Gasteiger partial charge in [-0.1, -0.05) is 6.07 Å². The van der Waals surface area contributed by atoms with Crippen molar-refractivity contribution in [1.82, 2.24) is 0 Å². The summed E-state index contributed by atoms with van der Waals surface area (Å²) in [5.74, 6) is 0.687. The lowest BCUT2D eigenvalue weighted by atomic mass is 9.97. The summed E-state index contributed by atoms with van der Waals surface area (Å²) < 4.78 is 5.19. The van der Waals surface area contributed by atoms with Gasteiger partial charge in [0.2, 0.25) is 0 Å². The third-order valence-electron chi connectivity index (χ3n) is 2.57. The molecule has 1 aromatic rings. The number of ether oxygens (including phenoxy) is 1. The first-order valence-electron chi connectivity index (χ1n) is 4.99. The van der Waals surface area contributed by atoms with Gasteiger partial charge in [-0.25, -0.2) is 0 Å². The summed E-state index contributed by atoms with van der Waals surface area (Å²) in [4.78, 5) is 11.8. The third kappa shape index (κ3) is 2.36. The average molecular weight is 207 g/mol. The molecule has 0 saturated carbocycles. The van der Waals surface area contributed by atoms with Gasteiger partial charge in [0.15, 0.2) is 5.78 Å². The average Bonchev–Trinajstić information content (AvgIpc) is 2.22. The van der Waals surface area contributed by atoms with Gasteiger partial charge < -0.3 is 10.5 Å². The van der Waals surface area contributed by atoms with Crippen LogP contribution in [0.4, 0.5) is 0 Å². The Hall–Kier alpha value is -1.35. The number of hydrogen-bond donors (Lipinski definition) is 1. The Morgan fingerprint density at radius 2 is 2.07 bits per heavy atom. The van der Waals surface area contributed by atoms with E-state index in [2.05, 4.69) is 0 Å². The van der Waals surface area contributed by atoms with Crippen molar-refractivity contribution in [2.24, 2.45) is 5.73 Å². The molecule has 0 radical (unpaired) electrons. The molecule has 0 aromatic heterocycles. The Kier molecular flexibility index (Phi) is 3.86. The Morgan fingerprint density at radius 3 is 2.60 bits per heavy atom. The van der Waals surface area contributed by atoms with E-state index in [9.17, 15) is 4.79 Å². The largest absolute Gasteiger partial charge is 0.496 e. The predicted octanol–water partition coefficient (Wildman–Crippen LogP) is 1.84. The number of aryl methyl sites for hydroxylation is 1. The zero-order valence-corrected chi connectivity index (χ0v) is 9.46. The van der Waals surface area contributed by atoms with Gasteiger partial charge in [0.05, 0.1) is 12.7 Å². The van der Waals surface area contributed by atoms with Crippen LogP contribution in [-0.4, -0.2) is 19.4 Å². The van der Waals surface area contributed by atoms with Gasteiger partial charge in [0, 0.05) is 6.42 Å². The van der Waals surface area contributed by atoms with E-state index < -0.39 is 0 Å². The van der Waals surface area contributed by atoms with E-state index in [0.29, 0.717) is 24.3 Å². The minimum Gasteiger partial charge on any atom is -0.496 e. The molecule has 0 atom stereocenters. The standard InChI is InChI=1S/C12H17NO2/c1-8-4-5-11(15-3)12(9(8)2)10(14)6-7-13/h4-5H,6-7,13H2,1-3H3. The summed E-state index contributed by atoms with van der Waals surface area (Å²) in [5, 5.41) is 0. The molecular weight excluding hydrogens is 190 g/mol. The maximum Gasteiger partial charge on any atom is 0.168 e. The smallest absolute Gasteiger partial charge is 0.168 e. The molecule has 0 heterocycles. The van der Waals surface area contributed by atoms with E-state index >= 15 is 0 Å². The highest BCUT2D eigenvalue weighted by atomic mass is 16.5. The Bertz CT molecular complexity index is 372. The van der Waals surface area contributed by atoms with Crippen LogP contribution in [0.3, 0.4) is 0 Å². The van der Waals surface area contributed by atoms with Crippen molar-refractivity contribution in [2.75, 3.05) is 13.7 Å². The highest BCUT2D eigenvalue weighted by Crippen LogP contribution is 2.25. The Labute approximate surface area is 90.2 Å². The van der Waals surface area contributed by atoms with Crippen molar-refractivity contribution in [3.63, 3.8) is 0 Å². The van der Waals surface area contributed by atoms with Gasteiger partial charge in [-0.15, -0.1) is 0 Å². The maximum atomic E-state index is 11.8. The van der Waals surface area contributed by atoms with E-state index in [-0.39, 0.29) is 5.78 Å². The van der Waals surface area contributed by atoms with Crippen LogP contribution in [0.1, 0.15) is 27.9 Å². The van der Waals surface area contributed by atoms with E-state index in [0.717, 1.165) is 11.1 Å². The zero-order valence-electron chi connectivity index (χ0n) is 9.46. The maximum absolute atomic E-state index is 11.8. The molecule has 0 spiro atoms. The second kappa shape index (κ2) is 4.94. The molecule has 0 amide bonds. The summed E-state index contributed by atoms with van der Waals surface area (Å²) in [5.41, 5.74) is 8.13. The number of benzene rings is 1. The van der Waals surface area contributed by atoms with E-state index in [1.165, 1.54) is 0 Å².